The van der Waals surface area contributed by atoms with Crippen molar-refractivity contribution in [2.75, 3.05) is 51.7 Å². The molecule has 1 fully saturated rings. The van der Waals surface area contributed by atoms with Gasteiger partial charge < -0.3 is 14.1 Å². The topological polar surface area (TPSA) is 80.0 Å². The molecule has 1 aliphatic heterocycles. The van der Waals surface area contributed by atoms with E-state index >= 15 is 0 Å². The molecule has 2 aromatic carbocycles. The molecule has 2 heterocycles. The van der Waals surface area contributed by atoms with Gasteiger partial charge >= 0.3 is 11.8 Å². The van der Waals surface area contributed by atoms with E-state index in [2.05, 4.69) is 22.2 Å². The zero-order valence-corrected chi connectivity index (χ0v) is 18.5. The fraction of sp³-hybridized carbons (Fsp3) is 0.391. The first-order valence-corrected chi connectivity index (χ1v) is 10.8. The van der Waals surface area contributed by atoms with Crippen LogP contribution in [0.2, 0.25) is 0 Å². The molecule has 1 amide bonds. The summed E-state index contributed by atoms with van der Waals surface area (Å²) in [7, 11) is 2.08. The van der Waals surface area contributed by atoms with Crippen LogP contribution >= 0.6 is 0 Å². The summed E-state index contributed by atoms with van der Waals surface area (Å²) in [6.45, 7) is 6.56. The molecule has 3 aromatic rings. The van der Waals surface area contributed by atoms with Crippen LogP contribution in [0.1, 0.15) is 18.5 Å². The number of likely N-dealkylation sites (N-methyl/N-ethyl adjacent to an activating group) is 1. The molecule has 0 spiro atoms. The molecule has 0 aliphatic carbocycles. The normalized spacial score (nSPS) is 16.1. The van der Waals surface area contributed by atoms with Crippen molar-refractivity contribution in [3.8, 4) is 0 Å². The van der Waals surface area contributed by atoms with Gasteiger partial charge in [0.2, 0.25) is 0 Å². The van der Waals surface area contributed by atoms with Crippen molar-refractivity contribution in [1.82, 2.24) is 14.4 Å². The van der Waals surface area contributed by atoms with Gasteiger partial charge in [0.15, 0.2) is 17.2 Å². The summed E-state index contributed by atoms with van der Waals surface area (Å²) >= 11 is 0. The van der Waals surface area contributed by atoms with Crippen LogP contribution in [0.5, 0.6) is 0 Å². The van der Waals surface area contributed by atoms with Crippen molar-refractivity contribution in [2.24, 2.45) is 0 Å². The summed E-state index contributed by atoms with van der Waals surface area (Å²) in [5, 5.41) is 2.69. The number of rotatable bonds is 6. The van der Waals surface area contributed by atoms with Gasteiger partial charge in [-0.15, -0.1) is 0 Å². The molecule has 8 nitrogen and oxygen atoms in total. The number of ether oxygens (including phenoxy) is 1. The largest absolute Gasteiger partial charge is 0.448 e. The lowest BCUT2D eigenvalue weighted by Crippen LogP contribution is -2.45. The number of halogens is 2. The summed E-state index contributed by atoms with van der Waals surface area (Å²) in [5.74, 6) is -2.89. The van der Waals surface area contributed by atoms with Crippen molar-refractivity contribution in [1.29, 1.82) is 0 Å². The average molecular weight is 460 g/mol. The maximum Gasteiger partial charge on any atom is 0.420 e. The Morgan fingerprint density at radius 1 is 1.15 bits per heavy atom. The van der Waals surface area contributed by atoms with E-state index < -0.39 is 29.5 Å². The standard InChI is InChI=1S/C23H26F2N4O4/c1-15(29-20-13-18(24)19(25)14-21(20)33-23(29)31)16-4-3-5-17(12-16)26-22(30)32-11-10-28-8-6-27(2)7-9-28/h3-5,12-15H,6-11H2,1-2H3,(H,26,30). The lowest BCUT2D eigenvalue weighted by atomic mass is 10.1. The van der Waals surface area contributed by atoms with Gasteiger partial charge in [0, 0.05) is 50.5 Å². The molecule has 1 N–H and O–H groups in total. The number of hydrogen-bond acceptors (Lipinski definition) is 6. The van der Waals surface area contributed by atoms with E-state index in [0.29, 0.717) is 17.8 Å². The van der Waals surface area contributed by atoms with Gasteiger partial charge in [0.25, 0.3) is 0 Å². The third-order valence-electron chi connectivity index (χ3n) is 5.89. The van der Waals surface area contributed by atoms with Crippen molar-refractivity contribution in [3.63, 3.8) is 0 Å². The minimum Gasteiger partial charge on any atom is -0.448 e. The lowest BCUT2D eigenvalue weighted by molar-refractivity contribution is 0.111. The smallest absolute Gasteiger partial charge is 0.420 e. The summed E-state index contributed by atoms with van der Waals surface area (Å²) in [4.78, 5) is 29.1. The molecule has 33 heavy (non-hydrogen) atoms. The number of carbonyl (C=O) groups is 1. The molecule has 0 saturated carbocycles. The molecule has 1 unspecified atom stereocenters. The van der Waals surface area contributed by atoms with Gasteiger partial charge in [-0.1, -0.05) is 12.1 Å². The second kappa shape index (κ2) is 9.72. The molecule has 1 aromatic heterocycles. The summed E-state index contributed by atoms with van der Waals surface area (Å²) < 4.78 is 38.9. The Bertz CT molecular complexity index is 1200. The van der Waals surface area contributed by atoms with Gasteiger partial charge in [-0.2, -0.15) is 0 Å². The Morgan fingerprint density at radius 3 is 2.64 bits per heavy atom. The Hall–Kier alpha value is -3.24. The van der Waals surface area contributed by atoms with E-state index in [1.54, 1.807) is 31.2 Å². The first kappa shape index (κ1) is 22.9. The molecule has 0 radical (unpaired) electrons. The van der Waals surface area contributed by atoms with E-state index in [1.807, 2.05) is 0 Å². The van der Waals surface area contributed by atoms with Crippen molar-refractivity contribution in [2.45, 2.75) is 13.0 Å². The van der Waals surface area contributed by atoms with E-state index in [9.17, 15) is 18.4 Å². The first-order chi connectivity index (χ1) is 15.8. The predicted octanol–water partition coefficient (Wildman–Crippen LogP) is 3.28. The number of anilines is 1. The van der Waals surface area contributed by atoms with Crippen molar-refractivity contribution >= 4 is 22.9 Å². The van der Waals surface area contributed by atoms with E-state index in [1.165, 1.54) is 4.57 Å². The van der Waals surface area contributed by atoms with Crippen molar-refractivity contribution < 1.29 is 22.7 Å². The Morgan fingerprint density at radius 2 is 1.88 bits per heavy atom. The van der Waals surface area contributed by atoms with Crippen LogP contribution in [0.4, 0.5) is 19.3 Å². The molecule has 4 rings (SSSR count). The van der Waals surface area contributed by atoms with Gasteiger partial charge in [-0.05, 0) is 31.7 Å². The number of fused-ring (bicyclic) bond motifs is 1. The highest BCUT2D eigenvalue weighted by atomic mass is 19.2. The number of nitrogens with one attached hydrogen (secondary N) is 1. The maximum atomic E-state index is 13.8. The first-order valence-electron chi connectivity index (χ1n) is 10.8. The molecule has 10 heteroatoms. The summed E-state index contributed by atoms with van der Waals surface area (Å²) in [6, 6.07) is 8.11. The van der Waals surface area contributed by atoms with Gasteiger partial charge in [-0.3, -0.25) is 14.8 Å². The Balaban J connectivity index is 1.41. The molecule has 1 saturated heterocycles. The van der Waals surface area contributed by atoms with Gasteiger partial charge in [0.05, 0.1) is 11.6 Å². The van der Waals surface area contributed by atoms with Crippen LogP contribution in [0.3, 0.4) is 0 Å². The van der Waals surface area contributed by atoms with Gasteiger partial charge in [-0.25, -0.2) is 18.4 Å². The minimum atomic E-state index is -1.09. The van der Waals surface area contributed by atoms with Crippen LogP contribution in [-0.4, -0.2) is 66.8 Å². The second-order valence-electron chi connectivity index (χ2n) is 8.18. The summed E-state index contributed by atoms with van der Waals surface area (Å²) in [6.07, 6.45) is -0.572. The highest BCUT2D eigenvalue weighted by molar-refractivity contribution is 5.84. The number of piperazine rings is 1. The van der Waals surface area contributed by atoms with E-state index in [0.717, 1.165) is 38.3 Å². The third-order valence-corrected chi connectivity index (χ3v) is 5.89. The van der Waals surface area contributed by atoms with Crippen LogP contribution in [0, 0.1) is 11.6 Å². The Labute approximate surface area is 189 Å². The summed E-state index contributed by atoms with van der Waals surface area (Å²) in [5.41, 5.74) is 1.26. The fourth-order valence-corrected chi connectivity index (χ4v) is 3.91. The maximum absolute atomic E-state index is 13.8. The SMILES string of the molecule is CC(c1cccc(NC(=O)OCCN2CCN(C)CC2)c1)n1c(=O)oc2cc(F)c(F)cc21. The monoisotopic (exact) mass is 460 g/mol. The van der Waals surface area contributed by atoms with Crippen LogP contribution in [0.25, 0.3) is 11.1 Å². The molecular weight excluding hydrogens is 434 g/mol. The number of aromatic nitrogens is 1. The quantitative estimate of drug-likeness (QED) is 0.608. The van der Waals surface area contributed by atoms with Gasteiger partial charge in [0.1, 0.15) is 6.61 Å². The third kappa shape index (κ3) is 5.23. The number of hydrogen-bond donors (Lipinski definition) is 1. The number of carbonyl (C=O) groups excluding carboxylic acids is 1. The minimum absolute atomic E-state index is 0.0380. The van der Waals surface area contributed by atoms with Crippen molar-refractivity contribution in [3.05, 3.63) is 64.1 Å². The van der Waals surface area contributed by atoms with E-state index in [4.69, 9.17) is 9.15 Å². The number of nitrogens with zero attached hydrogens (tertiary/aromatic N) is 3. The predicted molar refractivity (Wildman–Crippen MR) is 120 cm³/mol. The average Bonchev–Trinajstić information content (AvgIpc) is 3.09. The van der Waals surface area contributed by atoms with E-state index in [-0.39, 0.29) is 17.7 Å². The number of oxazole rings is 1. The fourth-order valence-electron chi connectivity index (χ4n) is 3.91. The molecule has 1 aliphatic rings. The molecular formula is C23H26F2N4O4. The van der Waals surface area contributed by atoms with Crippen LogP contribution in [-0.2, 0) is 4.74 Å². The zero-order chi connectivity index (χ0) is 23.5. The second-order valence-corrected chi connectivity index (χ2v) is 8.18. The highest BCUT2D eigenvalue weighted by Crippen LogP contribution is 2.26. The van der Waals surface area contributed by atoms with Crippen LogP contribution in [0.15, 0.2) is 45.6 Å². The molecule has 176 valence electrons. The highest BCUT2D eigenvalue weighted by Gasteiger charge is 2.20. The van der Waals surface area contributed by atoms with Crippen LogP contribution < -0.4 is 11.1 Å². The zero-order valence-electron chi connectivity index (χ0n) is 18.5. The lowest BCUT2D eigenvalue weighted by Gasteiger charge is -2.31. The Kier molecular flexibility index (Phi) is 6.75. The molecule has 0 bridgehead atoms. The number of amides is 1. The molecule has 1 atom stereocenters. The number of benzene rings is 2.